The predicted molar refractivity (Wildman–Crippen MR) is 112 cm³/mol. The number of nitrogens with zero attached hydrogens (tertiary/aromatic N) is 2. The van der Waals surface area contributed by atoms with Gasteiger partial charge >= 0.3 is 5.97 Å². The molecule has 0 radical (unpaired) electrons. The van der Waals surface area contributed by atoms with E-state index in [1.807, 2.05) is 55.5 Å². The van der Waals surface area contributed by atoms with E-state index >= 15 is 0 Å². The second kappa shape index (κ2) is 7.81. The minimum absolute atomic E-state index is 0.102. The normalized spacial score (nSPS) is 10.7. The summed E-state index contributed by atoms with van der Waals surface area (Å²) in [7, 11) is 0. The molecule has 5 nitrogen and oxygen atoms in total. The van der Waals surface area contributed by atoms with Crippen LogP contribution in [0.5, 0.6) is 11.5 Å². The molecule has 6 heteroatoms. The van der Waals surface area contributed by atoms with Crippen molar-refractivity contribution in [3.63, 3.8) is 0 Å². The zero-order valence-electron chi connectivity index (χ0n) is 15.5. The predicted octanol–water partition coefficient (Wildman–Crippen LogP) is 5.99. The van der Waals surface area contributed by atoms with Crippen molar-refractivity contribution in [2.45, 2.75) is 6.92 Å². The number of hydrogen-bond donors (Lipinski definition) is 1. The maximum atomic E-state index is 11.7. The van der Waals surface area contributed by atoms with Gasteiger partial charge in [0.05, 0.1) is 11.4 Å². The number of aromatic carboxylic acids is 1. The second-order valence-electron chi connectivity index (χ2n) is 6.55. The number of hydrogen-bond acceptors (Lipinski definition) is 3. The summed E-state index contributed by atoms with van der Waals surface area (Å²) in [6.45, 7) is 1.98. The van der Waals surface area contributed by atoms with Crippen LogP contribution in [0.1, 0.15) is 16.1 Å². The Labute approximate surface area is 172 Å². The first kappa shape index (κ1) is 18.8. The van der Waals surface area contributed by atoms with E-state index in [4.69, 9.17) is 16.3 Å². The molecule has 1 heterocycles. The maximum absolute atomic E-state index is 11.7. The van der Waals surface area contributed by atoms with E-state index in [0.29, 0.717) is 27.9 Å². The van der Waals surface area contributed by atoms with Gasteiger partial charge < -0.3 is 9.84 Å². The number of carboxylic acids is 1. The molecule has 0 unspecified atom stereocenters. The van der Waals surface area contributed by atoms with Gasteiger partial charge in [-0.25, -0.2) is 9.48 Å². The van der Waals surface area contributed by atoms with Crippen molar-refractivity contribution < 1.29 is 14.6 Å². The molecule has 0 aliphatic rings. The summed E-state index contributed by atoms with van der Waals surface area (Å²) < 4.78 is 7.23. The van der Waals surface area contributed by atoms with E-state index in [1.54, 1.807) is 30.3 Å². The first-order valence-corrected chi connectivity index (χ1v) is 9.32. The van der Waals surface area contributed by atoms with E-state index < -0.39 is 5.97 Å². The molecule has 4 rings (SSSR count). The first-order valence-electron chi connectivity index (χ1n) is 8.94. The van der Waals surface area contributed by atoms with Crippen molar-refractivity contribution in [2.24, 2.45) is 0 Å². The Hall–Kier alpha value is -3.57. The van der Waals surface area contributed by atoms with Crippen LogP contribution in [-0.4, -0.2) is 20.9 Å². The molecular weight excluding hydrogens is 388 g/mol. The largest absolute Gasteiger partial charge is 0.477 e. The van der Waals surface area contributed by atoms with E-state index in [-0.39, 0.29) is 5.69 Å². The fourth-order valence-corrected chi connectivity index (χ4v) is 3.02. The Bertz CT molecular complexity index is 1150. The third kappa shape index (κ3) is 4.15. The van der Waals surface area contributed by atoms with Gasteiger partial charge in [0.1, 0.15) is 11.5 Å². The minimum atomic E-state index is -1.04. The van der Waals surface area contributed by atoms with Gasteiger partial charge in [-0.15, -0.1) is 0 Å². The first-order chi connectivity index (χ1) is 14.0. The zero-order chi connectivity index (χ0) is 20.4. The van der Waals surface area contributed by atoms with E-state index in [0.717, 1.165) is 11.1 Å². The van der Waals surface area contributed by atoms with Crippen LogP contribution in [0.2, 0.25) is 5.02 Å². The number of ether oxygens (including phenoxy) is 1. The lowest BCUT2D eigenvalue weighted by molar-refractivity contribution is 0.0687. The monoisotopic (exact) mass is 404 g/mol. The van der Waals surface area contributed by atoms with Gasteiger partial charge in [0.15, 0.2) is 5.69 Å². The smallest absolute Gasteiger partial charge is 0.354 e. The van der Waals surface area contributed by atoms with Gasteiger partial charge in [-0.05, 0) is 73.7 Å². The SMILES string of the molecule is Cc1ccc(-n2nc(-c3ccc(Oc4ccc(Cl)cc4)cc3)cc2C(=O)O)cc1. The molecule has 0 saturated carbocycles. The van der Waals surface area contributed by atoms with Crippen molar-refractivity contribution in [3.05, 3.63) is 95.1 Å². The van der Waals surface area contributed by atoms with Crippen LogP contribution in [0, 0.1) is 6.92 Å². The summed E-state index contributed by atoms with van der Waals surface area (Å²) in [5.74, 6) is 0.304. The molecule has 0 atom stereocenters. The lowest BCUT2D eigenvalue weighted by Crippen LogP contribution is -2.07. The summed E-state index contributed by atoms with van der Waals surface area (Å²) in [6, 6.07) is 23.5. The quantitative estimate of drug-likeness (QED) is 0.443. The van der Waals surface area contributed by atoms with Crippen molar-refractivity contribution >= 4 is 17.6 Å². The van der Waals surface area contributed by atoms with Crippen LogP contribution in [0.3, 0.4) is 0 Å². The molecule has 0 spiro atoms. The highest BCUT2D eigenvalue weighted by Crippen LogP contribution is 2.27. The highest BCUT2D eigenvalue weighted by molar-refractivity contribution is 6.30. The number of aryl methyl sites for hydroxylation is 1. The number of carbonyl (C=O) groups is 1. The van der Waals surface area contributed by atoms with Crippen molar-refractivity contribution in [2.75, 3.05) is 0 Å². The fraction of sp³-hybridized carbons (Fsp3) is 0.0435. The van der Waals surface area contributed by atoms with E-state index in [2.05, 4.69) is 5.10 Å². The number of aromatic nitrogens is 2. The Morgan fingerprint density at radius 1 is 0.931 bits per heavy atom. The Morgan fingerprint density at radius 3 is 2.10 bits per heavy atom. The Balaban J connectivity index is 1.62. The number of carboxylic acid groups (broad SMARTS) is 1. The molecule has 0 aliphatic heterocycles. The molecule has 29 heavy (non-hydrogen) atoms. The Kier molecular flexibility index (Phi) is 5.06. The molecule has 1 N–H and O–H groups in total. The summed E-state index contributed by atoms with van der Waals surface area (Å²) in [6.07, 6.45) is 0. The molecular formula is C23H17ClN2O3. The van der Waals surface area contributed by atoms with Gasteiger partial charge in [0, 0.05) is 10.6 Å². The second-order valence-corrected chi connectivity index (χ2v) is 6.98. The van der Waals surface area contributed by atoms with Crippen LogP contribution in [0.15, 0.2) is 78.9 Å². The van der Waals surface area contributed by atoms with Crippen molar-refractivity contribution in [1.29, 1.82) is 0 Å². The van der Waals surface area contributed by atoms with E-state index in [9.17, 15) is 9.90 Å². The highest BCUT2D eigenvalue weighted by Gasteiger charge is 2.16. The number of rotatable bonds is 5. The molecule has 3 aromatic carbocycles. The summed E-state index contributed by atoms with van der Waals surface area (Å²) in [5, 5.41) is 14.7. The summed E-state index contributed by atoms with van der Waals surface area (Å²) >= 11 is 5.89. The standard InChI is InChI=1S/C23H17ClN2O3/c1-15-2-8-18(9-3-15)26-22(23(27)28)14-21(25-26)16-4-10-19(11-5-16)29-20-12-6-17(24)7-13-20/h2-14H,1H3,(H,27,28). The molecule has 144 valence electrons. The number of halogens is 1. The highest BCUT2D eigenvalue weighted by atomic mass is 35.5. The summed E-state index contributed by atoms with van der Waals surface area (Å²) in [4.78, 5) is 11.7. The van der Waals surface area contributed by atoms with Gasteiger partial charge in [-0.3, -0.25) is 0 Å². The average Bonchev–Trinajstić information content (AvgIpc) is 3.17. The fourth-order valence-electron chi connectivity index (χ4n) is 2.89. The van der Waals surface area contributed by atoms with Gasteiger partial charge in [-0.1, -0.05) is 29.3 Å². The van der Waals surface area contributed by atoms with Crippen LogP contribution in [0.4, 0.5) is 0 Å². The lowest BCUT2D eigenvalue weighted by atomic mass is 10.1. The van der Waals surface area contributed by atoms with Gasteiger partial charge in [0.25, 0.3) is 0 Å². The average molecular weight is 405 g/mol. The van der Waals surface area contributed by atoms with Crippen molar-refractivity contribution in [3.8, 4) is 28.4 Å². The van der Waals surface area contributed by atoms with Gasteiger partial charge in [0.2, 0.25) is 0 Å². The molecule has 0 amide bonds. The van der Waals surface area contributed by atoms with Crippen LogP contribution >= 0.6 is 11.6 Å². The minimum Gasteiger partial charge on any atom is -0.477 e. The van der Waals surface area contributed by atoms with Crippen LogP contribution in [0.25, 0.3) is 16.9 Å². The molecule has 0 fully saturated rings. The zero-order valence-corrected chi connectivity index (χ0v) is 16.3. The molecule has 0 saturated heterocycles. The molecule has 4 aromatic rings. The maximum Gasteiger partial charge on any atom is 0.354 e. The third-order valence-corrected chi connectivity index (χ3v) is 4.66. The van der Waals surface area contributed by atoms with Crippen LogP contribution < -0.4 is 4.74 Å². The molecule has 0 aliphatic carbocycles. The Morgan fingerprint density at radius 2 is 1.52 bits per heavy atom. The topological polar surface area (TPSA) is 64.4 Å². The third-order valence-electron chi connectivity index (χ3n) is 4.41. The molecule has 0 bridgehead atoms. The van der Waals surface area contributed by atoms with Gasteiger partial charge in [-0.2, -0.15) is 5.10 Å². The lowest BCUT2D eigenvalue weighted by Gasteiger charge is -2.06. The van der Waals surface area contributed by atoms with E-state index in [1.165, 1.54) is 4.68 Å². The number of benzene rings is 3. The van der Waals surface area contributed by atoms with Crippen molar-refractivity contribution in [1.82, 2.24) is 9.78 Å². The molecule has 1 aromatic heterocycles. The summed E-state index contributed by atoms with van der Waals surface area (Å²) in [5.41, 5.74) is 3.25. The van der Waals surface area contributed by atoms with Crippen LogP contribution in [-0.2, 0) is 0 Å².